The lowest BCUT2D eigenvalue weighted by Crippen LogP contribution is -2.22. The standard InChI is InChI=1S/C14H18N4OS2.HI/c1-19-12-5-3-11(4-6-12)18-13(15)16-7-2-9-20-14-17-8-10-21-14;/h3-6,8,10H,2,7,9H2,1H3,(H3,15,16,18);1H. The third-order valence-corrected chi connectivity index (χ3v) is 4.63. The van der Waals surface area contributed by atoms with Gasteiger partial charge >= 0.3 is 0 Å². The molecule has 5 nitrogen and oxygen atoms in total. The quantitative estimate of drug-likeness (QED) is 0.221. The van der Waals surface area contributed by atoms with Crippen LogP contribution < -0.4 is 15.8 Å². The van der Waals surface area contributed by atoms with E-state index in [0.29, 0.717) is 12.5 Å². The summed E-state index contributed by atoms with van der Waals surface area (Å²) in [5.41, 5.74) is 6.74. The molecule has 1 heterocycles. The molecule has 0 aliphatic rings. The number of rotatable bonds is 7. The average molecular weight is 450 g/mol. The van der Waals surface area contributed by atoms with Gasteiger partial charge in [-0.25, -0.2) is 4.98 Å². The van der Waals surface area contributed by atoms with Crippen molar-refractivity contribution in [2.24, 2.45) is 10.7 Å². The fourth-order valence-corrected chi connectivity index (χ4v) is 3.20. The Labute approximate surface area is 155 Å². The predicted octanol–water partition coefficient (Wildman–Crippen LogP) is 3.68. The highest BCUT2D eigenvalue weighted by Crippen LogP contribution is 2.20. The zero-order valence-corrected chi connectivity index (χ0v) is 16.2. The minimum Gasteiger partial charge on any atom is -0.497 e. The first-order valence-electron chi connectivity index (χ1n) is 6.51. The van der Waals surface area contributed by atoms with Gasteiger partial charge < -0.3 is 15.8 Å². The molecule has 0 aliphatic heterocycles. The van der Waals surface area contributed by atoms with Crippen LogP contribution in [0.25, 0.3) is 0 Å². The van der Waals surface area contributed by atoms with Gasteiger partial charge in [0.2, 0.25) is 0 Å². The second-order valence-electron chi connectivity index (χ2n) is 4.12. The molecule has 1 aromatic heterocycles. The highest BCUT2D eigenvalue weighted by molar-refractivity contribution is 14.0. The Morgan fingerprint density at radius 1 is 1.41 bits per heavy atom. The van der Waals surface area contributed by atoms with Crippen LogP contribution in [0.3, 0.4) is 0 Å². The number of thiazole rings is 1. The van der Waals surface area contributed by atoms with Crippen LogP contribution in [0.1, 0.15) is 6.42 Å². The molecule has 0 saturated carbocycles. The number of methoxy groups -OCH3 is 1. The minimum atomic E-state index is 0. The van der Waals surface area contributed by atoms with Gasteiger partial charge in [0.25, 0.3) is 0 Å². The van der Waals surface area contributed by atoms with Crippen LogP contribution in [0.15, 0.2) is 45.2 Å². The molecule has 1 aromatic carbocycles. The maximum Gasteiger partial charge on any atom is 0.193 e. The number of hydrogen-bond acceptors (Lipinski definition) is 5. The van der Waals surface area contributed by atoms with Gasteiger partial charge in [-0.05, 0) is 30.7 Å². The number of nitrogens with one attached hydrogen (secondary N) is 1. The van der Waals surface area contributed by atoms with Crippen LogP contribution in [0.5, 0.6) is 5.75 Å². The van der Waals surface area contributed by atoms with Gasteiger partial charge in [-0.3, -0.25) is 4.99 Å². The number of thioether (sulfide) groups is 1. The number of aromatic nitrogens is 1. The first-order valence-corrected chi connectivity index (χ1v) is 8.38. The third-order valence-electron chi connectivity index (χ3n) is 2.58. The van der Waals surface area contributed by atoms with Crippen molar-refractivity contribution in [3.05, 3.63) is 35.8 Å². The second-order valence-corrected chi connectivity index (χ2v) is 6.36. The minimum absolute atomic E-state index is 0. The number of aliphatic imine (C=N–C) groups is 1. The molecule has 0 atom stereocenters. The number of guanidine groups is 1. The molecule has 120 valence electrons. The smallest absolute Gasteiger partial charge is 0.193 e. The van der Waals surface area contributed by atoms with Crippen molar-refractivity contribution in [2.75, 3.05) is 24.7 Å². The number of nitrogens with two attached hydrogens (primary N) is 1. The maximum atomic E-state index is 5.84. The van der Waals surface area contributed by atoms with E-state index in [2.05, 4.69) is 15.3 Å². The van der Waals surface area contributed by atoms with Gasteiger partial charge in [-0.1, -0.05) is 11.8 Å². The Bertz CT molecular complexity index is 561. The normalized spacial score (nSPS) is 10.9. The van der Waals surface area contributed by atoms with Gasteiger partial charge in [-0.15, -0.1) is 35.3 Å². The van der Waals surface area contributed by atoms with Gasteiger partial charge in [-0.2, -0.15) is 0 Å². The summed E-state index contributed by atoms with van der Waals surface area (Å²) in [6.07, 6.45) is 2.79. The van der Waals surface area contributed by atoms with Crippen LogP contribution in [0.2, 0.25) is 0 Å². The highest BCUT2D eigenvalue weighted by Gasteiger charge is 1.98. The van der Waals surface area contributed by atoms with Crippen molar-refractivity contribution in [3.63, 3.8) is 0 Å². The van der Waals surface area contributed by atoms with E-state index >= 15 is 0 Å². The Kier molecular flexibility index (Phi) is 9.25. The monoisotopic (exact) mass is 450 g/mol. The van der Waals surface area contributed by atoms with E-state index in [1.165, 1.54) is 0 Å². The SMILES string of the molecule is COc1ccc(NC(N)=NCCCSc2nccs2)cc1.I. The van der Waals surface area contributed by atoms with Crippen LogP contribution in [-0.4, -0.2) is 30.4 Å². The molecule has 0 amide bonds. The van der Waals surface area contributed by atoms with Crippen LogP contribution in [0, 0.1) is 0 Å². The molecule has 0 bridgehead atoms. The molecule has 0 spiro atoms. The molecule has 22 heavy (non-hydrogen) atoms. The van der Waals surface area contributed by atoms with Gasteiger partial charge in [0.1, 0.15) is 10.1 Å². The van der Waals surface area contributed by atoms with Crippen molar-refractivity contribution in [3.8, 4) is 5.75 Å². The largest absolute Gasteiger partial charge is 0.497 e. The molecule has 0 aliphatic carbocycles. The van der Waals surface area contributed by atoms with Gasteiger partial charge in [0.15, 0.2) is 5.96 Å². The summed E-state index contributed by atoms with van der Waals surface area (Å²) in [6.45, 7) is 0.702. The number of benzene rings is 1. The summed E-state index contributed by atoms with van der Waals surface area (Å²) in [6, 6.07) is 7.56. The lowest BCUT2D eigenvalue weighted by atomic mass is 10.3. The Morgan fingerprint density at radius 3 is 2.82 bits per heavy atom. The van der Waals surface area contributed by atoms with Gasteiger partial charge in [0, 0.05) is 29.6 Å². The van der Waals surface area contributed by atoms with Crippen LogP contribution in [-0.2, 0) is 0 Å². The van der Waals surface area contributed by atoms with Crippen molar-refractivity contribution in [1.82, 2.24) is 4.98 Å². The Balaban J connectivity index is 0.00000242. The number of anilines is 1. The molecular formula is C14H19IN4OS2. The summed E-state index contributed by atoms with van der Waals surface area (Å²) >= 11 is 3.41. The molecule has 3 N–H and O–H groups in total. The number of halogens is 1. The highest BCUT2D eigenvalue weighted by atomic mass is 127. The van der Waals surface area contributed by atoms with Crippen LogP contribution in [0.4, 0.5) is 5.69 Å². The van der Waals surface area contributed by atoms with E-state index < -0.39 is 0 Å². The molecule has 0 unspecified atom stereocenters. The van der Waals surface area contributed by atoms with Crippen molar-refractivity contribution in [1.29, 1.82) is 0 Å². The average Bonchev–Trinajstić information content (AvgIpc) is 3.01. The molecule has 0 saturated heterocycles. The zero-order valence-electron chi connectivity index (χ0n) is 12.2. The number of nitrogens with zero attached hydrogens (tertiary/aromatic N) is 2. The number of hydrogen-bond donors (Lipinski definition) is 2. The molecule has 0 radical (unpaired) electrons. The molecule has 0 fully saturated rings. The van der Waals surface area contributed by atoms with Gasteiger partial charge in [0.05, 0.1) is 7.11 Å². The summed E-state index contributed by atoms with van der Waals surface area (Å²) in [5, 5.41) is 5.04. The van der Waals surface area contributed by atoms with Crippen molar-refractivity contribution >= 4 is 58.7 Å². The molecule has 2 aromatic rings. The van der Waals surface area contributed by atoms with E-state index in [9.17, 15) is 0 Å². The predicted molar refractivity (Wildman–Crippen MR) is 106 cm³/mol. The summed E-state index contributed by atoms with van der Waals surface area (Å²) in [5.74, 6) is 2.24. The van der Waals surface area contributed by atoms with E-state index in [-0.39, 0.29) is 24.0 Å². The van der Waals surface area contributed by atoms with E-state index in [4.69, 9.17) is 10.5 Å². The Hall–Kier alpha value is -1.00. The lowest BCUT2D eigenvalue weighted by molar-refractivity contribution is 0.415. The summed E-state index contributed by atoms with van der Waals surface area (Å²) < 4.78 is 6.20. The van der Waals surface area contributed by atoms with E-state index in [1.807, 2.05) is 35.8 Å². The lowest BCUT2D eigenvalue weighted by Gasteiger charge is -2.06. The van der Waals surface area contributed by atoms with E-state index in [0.717, 1.165) is 28.0 Å². The summed E-state index contributed by atoms with van der Waals surface area (Å²) in [4.78, 5) is 8.52. The topological polar surface area (TPSA) is 72.5 Å². The molecule has 8 heteroatoms. The summed E-state index contributed by atoms with van der Waals surface area (Å²) in [7, 11) is 1.64. The fourth-order valence-electron chi connectivity index (χ4n) is 1.57. The molecule has 2 rings (SSSR count). The third kappa shape index (κ3) is 6.84. The molecular weight excluding hydrogens is 431 g/mol. The van der Waals surface area contributed by atoms with Crippen molar-refractivity contribution < 1.29 is 4.74 Å². The van der Waals surface area contributed by atoms with E-state index in [1.54, 1.807) is 30.2 Å². The fraction of sp³-hybridized carbons (Fsp3) is 0.286. The van der Waals surface area contributed by atoms with Crippen molar-refractivity contribution in [2.45, 2.75) is 10.8 Å². The first kappa shape index (κ1) is 19.0. The maximum absolute atomic E-state index is 5.84. The first-order chi connectivity index (χ1) is 10.3. The Morgan fingerprint density at radius 2 is 2.18 bits per heavy atom. The van der Waals surface area contributed by atoms with Crippen LogP contribution >= 0.6 is 47.1 Å². The second kappa shape index (κ2) is 10.7. The number of ether oxygens (including phenoxy) is 1. The zero-order chi connectivity index (χ0) is 14.9.